The van der Waals surface area contributed by atoms with Crippen molar-refractivity contribution < 1.29 is 13.9 Å². The van der Waals surface area contributed by atoms with Crippen molar-refractivity contribution >= 4 is 35.2 Å². The van der Waals surface area contributed by atoms with Gasteiger partial charge in [-0.2, -0.15) is 0 Å². The van der Waals surface area contributed by atoms with E-state index in [1.807, 2.05) is 30.3 Å². The fraction of sp³-hybridized carbons (Fsp3) is 0.158. The molecular weight excluding hydrogens is 340 g/mol. The zero-order valence-electron chi connectivity index (χ0n) is 13.7. The minimum Gasteiger partial charge on any atom is -0.460 e. The smallest absolute Gasteiger partial charge is 0.375 e. The SMILES string of the molecule is CCOC(=O)c1oc2ccc(Cc3ccccc3)cc2c1C(=N)N.Cl. The Morgan fingerprint density at radius 3 is 2.52 bits per heavy atom. The highest BCUT2D eigenvalue weighted by molar-refractivity contribution is 6.13. The number of amidine groups is 1. The van der Waals surface area contributed by atoms with Crippen molar-refractivity contribution in [1.29, 1.82) is 5.41 Å². The molecule has 3 N–H and O–H groups in total. The van der Waals surface area contributed by atoms with Crippen molar-refractivity contribution in [2.75, 3.05) is 6.61 Å². The van der Waals surface area contributed by atoms with Gasteiger partial charge in [-0.3, -0.25) is 5.41 Å². The van der Waals surface area contributed by atoms with E-state index in [0.717, 1.165) is 12.0 Å². The summed E-state index contributed by atoms with van der Waals surface area (Å²) in [6.07, 6.45) is 0.744. The van der Waals surface area contributed by atoms with Gasteiger partial charge < -0.3 is 14.9 Å². The molecule has 0 bridgehead atoms. The number of hydrogen-bond donors (Lipinski definition) is 2. The Morgan fingerprint density at radius 2 is 1.88 bits per heavy atom. The van der Waals surface area contributed by atoms with Crippen LogP contribution < -0.4 is 5.73 Å². The summed E-state index contributed by atoms with van der Waals surface area (Å²) in [5.74, 6) is -0.839. The van der Waals surface area contributed by atoms with Crippen LogP contribution in [0.1, 0.15) is 34.2 Å². The molecule has 0 aliphatic heterocycles. The molecule has 6 heteroatoms. The summed E-state index contributed by atoms with van der Waals surface area (Å²) in [7, 11) is 0. The number of carbonyl (C=O) groups is 1. The largest absolute Gasteiger partial charge is 0.460 e. The number of nitrogens with two attached hydrogens (primary N) is 1. The number of benzene rings is 2. The molecule has 1 aromatic heterocycles. The number of esters is 1. The summed E-state index contributed by atoms with van der Waals surface area (Å²) in [5.41, 5.74) is 8.71. The summed E-state index contributed by atoms with van der Waals surface area (Å²) >= 11 is 0. The lowest BCUT2D eigenvalue weighted by Crippen LogP contribution is -2.16. The second-order valence-corrected chi connectivity index (χ2v) is 5.43. The van der Waals surface area contributed by atoms with Crippen LogP contribution in [0.2, 0.25) is 0 Å². The molecule has 0 fully saturated rings. The van der Waals surface area contributed by atoms with Gasteiger partial charge in [0, 0.05) is 5.39 Å². The van der Waals surface area contributed by atoms with Crippen LogP contribution >= 0.6 is 12.4 Å². The number of ether oxygens (including phenoxy) is 1. The first-order valence-electron chi connectivity index (χ1n) is 7.71. The van der Waals surface area contributed by atoms with Crippen molar-refractivity contribution in [2.24, 2.45) is 5.73 Å². The van der Waals surface area contributed by atoms with Gasteiger partial charge in [0.25, 0.3) is 0 Å². The van der Waals surface area contributed by atoms with Gasteiger partial charge in [-0.15, -0.1) is 12.4 Å². The molecule has 0 saturated heterocycles. The maximum absolute atomic E-state index is 12.0. The van der Waals surface area contributed by atoms with Crippen LogP contribution in [0.15, 0.2) is 52.9 Å². The second-order valence-electron chi connectivity index (χ2n) is 5.43. The fourth-order valence-corrected chi connectivity index (χ4v) is 2.69. The monoisotopic (exact) mass is 358 g/mol. The summed E-state index contributed by atoms with van der Waals surface area (Å²) in [6, 6.07) is 15.7. The van der Waals surface area contributed by atoms with Crippen LogP contribution in [0.25, 0.3) is 11.0 Å². The summed E-state index contributed by atoms with van der Waals surface area (Å²) in [6.45, 7) is 1.94. The van der Waals surface area contributed by atoms with Crippen molar-refractivity contribution in [3.63, 3.8) is 0 Å². The first-order chi connectivity index (χ1) is 11.6. The quantitative estimate of drug-likeness (QED) is 0.411. The molecule has 0 aliphatic rings. The predicted molar refractivity (Wildman–Crippen MR) is 99.7 cm³/mol. The first kappa shape index (κ1) is 18.5. The number of furan rings is 1. The molecule has 5 nitrogen and oxygen atoms in total. The number of nitrogens with one attached hydrogen (secondary N) is 1. The standard InChI is InChI=1S/C19H18N2O3.ClH/c1-2-23-19(22)17-16(18(20)21)14-11-13(8-9-15(14)24-17)10-12-6-4-3-5-7-12;/h3-9,11H,2,10H2,1H3,(H3,20,21);1H. The van der Waals surface area contributed by atoms with Gasteiger partial charge in [0.1, 0.15) is 11.4 Å². The van der Waals surface area contributed by atoms with Gasteiger partial charge in [0.2, 0.25) is 5.76 Å². The minimum atomic E-state index is -0.608. The zero-order valence-corrected chi connectivity index (χ0v) is 14.6. The number of carbonyl (C=O) groups excluding carboxylic acids is 1. The van der Waals surface area contributed by atoms with Gasteiger partial charge in [0.15, 0.2) is 0 Å². The van der Waals surface area contributed by atoms with E-state index in [-0.39, 0.29) is 30.6 Å². The summed E-state index contributed by atoms with van der Waals surface area (Å²) < 4.78 is 10.6. The minimum absolute atomic E-state index is 0. The van der Waals surface area contributed by atoms with Crippen molar-refractivity contribution in [1.82, 2.24) is 0 Å². The Kier molecular flexibility index (Phi) is 5.83. The number of hydrogen-bond acceptors (Lipinski definition) is 4. The molecular formula is C19H19ClN2O3. The molecule has 130 valence electrons. The Morgan fingerprint density at radius 1 is 1.16 bits per heavy atom. The van der Waals surface area contributed by atoms with Crippen molar-refractivity contribution in [2.45, 2.75) is 13.3 Å². The molecule has 3 aromatic rings. The van der Waals surface area contributed by atoms with Gasteiger partial charge in [0.05, 0.1) is 12.2 Å². The maximum atomic E-state index is 12.0. The van der Waals surface area contributed by atoms with E-state index >= 15 is 0 Å². The molecule has 0 radical (unpaired) electrons. The molecule has 0 amide bonds. The first-order valence-corrected chi connectivity index (χ1v) is 7.71. The Labute approximate surface area is 151 Å². The van der Waals surface area contributed by atoms with Crippen LogP contribution in [-0.2, 0) is 11.2 Å². The molecule has 2 aromatic carbocycles. The van der Waals surface area contributed by atoms with Gasteiger partial charge >= 0.3 is 5.97 Å². The second kappa shape index (κ2) is 7.85. The lowest BCUT2D eigenvalue weighted by molar-refractivity contribution is 0.0492. The molecule has 0 atom stereocenters. The number of fused-ring (bicyclic) bond motifs is 1. The fourth-order valence-electron chi connectivity index (χ4n) is 2.69. The van der Waals surface area contributed by atoms with E-state index in [1.54, 1.807) is 13.0 Å². The van der Waals surface area contributed by atoms with E-state index in [2.05, 4.69) is 12.1 Å². The van der Waals surface area contributed by atoms with Crippen LogP contribution in [0.4, 0.5) is 0 Å². The van der Waals surface area contributed by atoms with E-state index in [0.29, 0.717) is 16.5 Å². The average molecular weight is 359 g/mol. The van der Waals surface area contributed by atoms with E-state index < -0.39 is 5.97 Å². The summed E-state index contributed by atoms with van der Waals surface area (Å²) in [5, 5.41) is 8.45. The third-order valence-corrected chi connectivity index (χ3v) is 3.73. The maximum Gasteiger partial charge on any atom is 0.375 e. The summed E-state index contributed by atoms with van der Waals surface area (Å²) in [4.78, 5) is 12.0. The Hall–Kier alpha value is -2.79. The number of halogens is 1. The molecule has 0 saturated carbocycles. The van der Waals surface area contributed by atoms with E-state index in [9.17, 15) is 4.79 Å². The third-order valence-electron chi connectivity index (χ3n) is 3.73. The van der Waals surface area contributed by atoms with Gasteiger partial charge in [-0.1, -0.05) is 36.4 Å². The molecule has 1 heterocycles. The molecule has 25 heavy (non-hydrogen) atoms. The molecule has 0 spiro atoms. The highest BCUT2D eigenvalue weighted by Gasteiger charge is 2.23. The average Bonchev–Trinajstić information content (AvgIpc) is 2.95. The Balaban J connectivity index is 0.00000225. The van der Waals surface area contributed by atoms with Crippen LogP contribution in [0.5, 0.6) is 0 Å². The van der Waals surface area contributed by atoms with Gasteiger partial charge in [-0.25, -0.2) is 4.79 Å². The molecule has 0 aliphatic carbocycles. The highest BCUT2D eigenvalue weighted by Crippen LogP contribution is 2.28. The molecule has 3 rings (SSSR count). The highest BCUT2D eigenvalue weighted by atomic mass is 35.5. The van der Waals surface area contributed by atoms with Crippen LogP contribution in [0.3, 0.4) is 0 Å². The lowest BCUT2D eigenvalue weighted by Gasteiger charge is -2.03. The molecule has 0 unspecified atom stereocenters. The van der Waals surface area contributed by atoms with E-state index in [4.69, 9.17) is 20.3 Å². The lowest BCUT2D eigenvalue weighted by atomic mass is 10.0. The van der Waals surface area contributed by atoms with E-state index in [1.165, 1.54) is 5.56 Å². The predicted octanol–water partition coefficient (Wildman–Crippen LogP) is 3.91. The zero-order chi connectivity index (χ0) is 17.1. The number of nitrogen functional groups attached to an aromatic ring is 1. The van der Waals surface area contributed by atoms with Gasteiger partial charge in [-0.05, 0) is 36.6 Å². The van der Waals surface area contributed by atoms with Crippen LogP contribution in [-0.4, -0.2) is 18.4 Å². The normalized spacial score (nSPS) is 10.3. The Bertz CT molecular complexity index is 904. The third kappa shape index (κ3) is 3.83. The van der Waals surface area contributed by atoms with Crippen molar-refractivity contribution in [3.8, 4) is 0 Å². The topological polar surface area (TPSA) is 89.3 Å². The van der Waals surface area contributed by atoms with Crippen molar-refractivity contribution in [3.05, 3.63) is 71.0 Å². The number of rotatable bonds is 5. The van der Waals surface area contributed by atoms with Crippen LogP contribution in [0, 0.1) is 5.41 Å².